The number of nitrogens with zero attached hydrogens (tertiary/aromatic N) is 2. The molecule has 0 aliphatic heterocycles. The molecule has 1 heterocycles. The predicted molar refractivity (Wildman–Crippen MR) is 61.5 cm³/mol. The Morgan fingerprint density at radius 3 is 2.60 bits per heavy atom. The Labute approximate surface area is 99.0 Å². The molecule has 0 aliphatic rings. The molecule has 0 unspecified atom stereocenters. The van der Waals surface area contributed by atoms with Gasteiger partial charge in [0.2, 0.25) is 0 Å². The Bertz CT molecular complexity index is 380. The van der Waals surface area contributed by atoms with Gasteiger partial charge in [-0.15, -0.1) is 0 Å². The maximum atomic E-state index is 11.9. The lowest BCUT2D eigenvalue weighted by molar-refractivity contribution is 0.0755. The van der Waals surface area contributed by atoms with Crippen LogP contribution in [0.25, 0.3) is 0 Å². The van der Waals surface area contributed by atoms with E-state index in [0.29, 0.717) is 10.6 Å². The van der Waals surface area contributed by atoms with Gasteiger partial charge in [-0.05, 0) is 19.9 Å². The number of hydrogen-bond acceptors (Lipinski definition) is 2. The van der Waals surface area contributed by atoms with Crippen LogP contribution >= 0.6 is 23.2 Å². The zero-order valence-electron chi connectivity index (χ0n) is 8.79. The highest BCUT2D eigenvalue weighted by Gasteiger charge is 2.17. The molecule has 0 aliphatic carbocycles. The molecule has 15 heavy (non-hydrogen) atoms. The minimum Gasteiger partial charge on any atom is -0.339 e. The van der Waals surface area contributed by atoms with E-state index in [2.05, 4.69) is 4.98 Å². The molecule has 0 aromatic carbocycles. The minimum atomic E-state index is -0.153. The largest absolute Gasteiger partial charge is 0.339 e. The standard InChI is InChI=1S/C10H12Cl2N2O/c1-6(2)14(3)10(15)7-4-9(12)13-5-8(7)11/h4-6H,1-3H3. The molecule has 1 rings (SSSR count). The highest BCUT2D eigenvalue weighted by Crippen LogP contribution is 2.20. The number of carbonyl (C=O) groups excluding carboxylic acids is 1. The monoisotopic (exact) mass is 246 g/mol. The molecule has 5 heteroatoms. The van der Waals surface area contributed by atoms with E-state index in [1.807, 2.05) is 13.8 Å². The number of aromatic nitrogens is 1. The average molecular weight is 247 g/mol. The topological polar surface area (TPSA) is 33.2 Å². The fraction of sp³-hybridized carbons (Fsp3) is 0.400. The van der Waals surface area contributed by atoms with Gasteiger partial charge in [-0.3, -0.25) is 4.79 Å². The number of hydrogen-bond donors (Lipinski definition) is 0. The Morgan fingerprint density at radius 1 is 1.47 bits per heavy atom. The summed E-state index contributed by atoms with van der Waals surface area (Å²) >= 11 is 11.6. The number of amides is 1. The molecule has 82 valence electrons. The van der Waals surface area contributed by atoms with Crippen molar-refractivity contribution in [1.29, 1.82) is 0 Å². The van der Waals surface area contributed by atoms with Crippen LogP contribution in [0.2, 0.25) is 10.2 Å². The zero-order chi connectivity index (χ0) is 11.6. The summed E-state index contributed by atoms with van der Waals surface area (Å²) in [6, 6.07) is 1.59. The maximum Gasteiger partial charge on any atom is 0.255 e. The minimum absolute atomic E-state index is 0.112. The summed E-state index contributed by atoms with van der Waals surface area (Å²) in [5.74, 6) is -0.153. The van der Waals surface area contributed by atoms with Gasteiger partial charge in [0.25, 0.3) is 5.91 Å². The zero-order valence-corrected chi connectivity index (χ0v) is 10.3. The number of carbonyl (C=O) groups is 1. The molecular formula is C10H12Cl2N2O. The van der Waals surface area contributed by atoms with Crippen molar-refractivity contribution in [3.63, 3.8) is 0 Å². The smallest absolute Gasteiger partial charge is 0.255 e. The summed E-state index contributed by atoms with van der Waals surface area (Å²) in [7, 11) is 1.72. The molecule has 0 fully saturated rings. The first-order valence-corrected chi connectivity index (χ1v) is 5.27. The van der Waals surface area contributed by atoms with E-state index < -0.39 is 0 Å². The Hall–Kier alpha value is -0.800. The number of pyridine rings is 1. The van der Waals surface area contributed by atoms with E-state index in [1.165, 1.54) is 12.3 Å². The second-order valence-electron chi connectivity index (χ2n) is 3.50. The summed E-state index contributed by atoms with van der Waals surface area (Å²) in [5.41, 5.74) is 0.382. The maximum absolute atomic E-state index is 11.9. The molecule has 0 N–H and O–H groups in total. The van der Waals surface area contributed by atoms with E-state index in [0.717, 1.165) is 0 Å². The molecule has 0 saturated heterocycles. The fourth-order valence-electron chi connectivity index (χ4n) is 1.00. The van der Waals surface area contributed by atoms with Crippen LogP contribution in [0.1, 0.15) is 24.2 Å². The number of rotatable bonds is 2. The SMILES string of the molecule is CC(C)N(C)C(=O)c1cc(Cl)ncc1Cl. The van der Waals surface area contributed by atoms with Crippen LogP contribution in [-0.2, 0) is 0 Å². The lowest BCUT2D eigenvalue weighted by Crippen LogP contribution is -2.33. The van der Waals surface area contributed by atoms with Crippen molar-refractivity contribution in [3.8, 4) is 0 Å². The van der Waals surface area contributed by atoms with Crippen molar-refractivity contribution in [2.75, 3.05) is 7.05 Å². The summed E-state index contributed by atoms with van der Waals surface area (Å²) in [5, 5.41) is 0.580. The van der Waals surface area contributed by atoms with Gasteiger partial charge >= 0.3 is 0 Å². The van der Waals surface area contributed by atoms with Gasteiger partial charge in [0.15, 0.2) is 0 Å². The first-order valence-electron chi connectivity index (χ1n) is 4.51. The van der Waals surface area contributed by atoms with Crippen LogP contribution in [0.4, 0.5) is 0 Å². The van der Waals surface area contributed by atoms with Crippen LogP contribution < -0.4 is 0 Å². The first kappa shape index (κ1) is 12.3. The van der Waals surface area contributed by atoms with Crippen molar-refractivity contribution in [2.45, 2.75) is 19.9 Å². The van der Waals surface area contributed by atoms with Crippen LogP contribution in [0.5, 0.6) is 0 Å². The molecular weight excluding hydrogens is 235 g/mol. The molecule has 0 spiro atoms. The van der Waals surface area contributed by atoms with E-state index in [4.69, 9.17) is 23.2 Å². The van der Waals surface area contributed by atoms with Crippen molar-refractivity contribution < 1.29 is 4.79 Å². The molecule has 1 amide bonds. The number of halogens is 2. The molecule has 0 atom stereocenters. The van der Waals surface area contributed by atoms with Gasteiger partial charge in [0.05, 0.1) is 10.6 Å². The van der Waals surface area contributed by atoms with Crippen LogP contribution in [0.15, 0.2) is 12.3 Å². The molecule has 3 nitrogen and oxygen atoms in total. The third kappa shape index (κ3) is 2.83. The lowest BCUT2D eigenvalue weighted by atomic mass is 10.2. The van der Waals surface area contributed by atoms with Crippen molar-refractivity contribution >= 4 is 29.1 Å². The Balaban J connectivity index is 3.05. The molecule has 1 aromatic rings. The second-order valence-corrected chi connectivity index (χ2v) is 4.29. The van der Waals surface area contributed by atoms with E-state index >= 15 is 0 Å². The van der Waals surface area contributed by atoms with E-state index in [1.54, 1.807) is 11.9 Å². The third-order valence-electron chi connectivity index (χ3n) is 2.15. The average Bonchev–Trinajstić information content (AvgIpc) is 2.19. The van der Waals surface area contributed by atoms with E-state index in [9.17, 15) is 4.79 Å². The van der Waals surface area contributed by atoms with Crippen molar-refractivity contribution in [2.24, 2.45) is 0 Å². The Morgan fingerprint density at radius 2 is 2.07 bits per heavy atom. The van der Waals surface area contributed by atoms with Crippen molar-refractivity contribution in [3.05, 3.63) is 28.0 Å². The summed E-state index contributed by atoms with van der Waals surface area (Å²) in [6.45, 7) is 3.85. The molecule has 0 bridgehead atoms. The van der Waals surface area contributed by atoms with Crippen LogP contribution in [-0.4, -0.2) is 28.9 Å². The van der Waals surface area contributed by atoms with Gasteiger partial charge < -0.3 is 4.90 Å². The summed E-state index contributed by atoms with van der Waals surface area (Å²) in [4.78, 5) is 17.3. The molecule has 0 radical (unpaired) electrons. The van der Waals surface area contributed by atoms with E-state index in [-0.39, 0.29) is 17.1 Å². The second kappa shape index (κ2) is 4.81. The highest BCUT2D eigenvalue weighted by molar-refractivity contribution is 6.35. The fourth-order valence-corrected chi connectivity index (χ4v) is 1.34. The van der Waals surface area contributed by atoms with Gasteiger partial charge in [0.1, 0.15) is 5.15 Å². The first-order chi connectivity index (χ1) is 6.93. The summed E-state index contributed by atoms with van der Waals surface area (Å²) < 4.78 is 0. The van der Waals surface area contributed by atoms with Gasteiger partial charge in [0, 0.05) is 19.3 Å². The highest BCUT2D eigenvalue weighted by atomic mass is 35.5. The summed E-state index contributed by atoms with van der Waals surface area (Å²) in [6.07, 6.45) is 1.38. The normalized spacial score (nSPS) is 10.5. The molecule has 1 aromatic heterocycles. The van der Waals surface area contributed by atoms with Gasteiger partial charge in [-0.25, -0.2) is 4.98 Å². The Kier molecular flexibility index (Phi) is 3.94. The predicted octanol–water partition coefficient (Wildman–Crippen LogP) is 2.87. The quantitative estimate of drug-likeness (QED) is 0.753. The van der Waals surface area contributed by atoms with Crippen LogP contribution in [0, 0.1) is 0 Å². The van der Waals surface area contributed by atoms with Crippen LogP contribution in [0.3, 0.4) is 0 Å². The van der Waals surface area contributed by atoms with Gasteiger partial charge in [-0.2, -0.15) is 0 Å². The third-order valence-corrected chi connectivity index (χ3v) is 2.66. The van der Waals surface area contributed by atoms with Crippen molar-refractivity contribution in [1.82, 2.24) is 9.88 Å². The lowest BCUT2D eigenvalue weighted by Gasteiger charge is -2.21. The molecule has 0 saturated carbocycles. The van der Waals surface area contributed by atoms with Gasteiger partial charge in [-0.1, -0.05) is 23.2 Å².